The largest absolute Gasteiger partial charge is 1.00 e. The SMILES string of the molecule is CCCc1ccc(-c2cccc3c2C=C(CC)[CH]3[Ti+2]2([CH]3C(CC)=Cc4c(-c5ccc(CCC)cc5)cccc43)[CH2]C[CH2]2)cc1.[Cl-].[Cl-]. The second-order valence-electron chi connectivity index (χ2n) is 13.6. The third-order valence-electron chi connectivity index (χ3n) is 11.2. The van der Waals surface area contributed by atoms with E-state index in [2.05, 4.69) is 125 Å². The van der Waals surface area contributed by atoms with Gasteiger partial charge in [-0.05, 0) is 0 Å². The number of hydrogen-bond donors (Lipinski definition) is 0. The van der Waals surface area contributed by atoms with E-state index in [4.69, 9.17) is 0 Å². The summed E-state index contributed by atoms with van der Waals surface area (Å²) in [4.78, 5) is 0. The van der Waals surface area contributed by atoms with Crippen LogP contribution in [0, 0.1) is 0 Å². The van der Waals surface area contributed by atoms with Gasteiger partial charge in [-0.15, -0.1) is 0 Å². The van der Waals surface area contributed by atoms with Crippen molar-refractivity contribution in [1.82, 2.24) is 0 Å². The summed E-state index contributed by atoms with van der Waals surface area (Å²) in [5, 5.41) is 0. The average molecular weight is 684 g/mol. The molecule has 4 aromatic rings. The molecule has 0 saturated carbocycles. The summed E-state index contributed by atoms with van der Waals surface area (Å²) in [6, 6.07) is 33.4. The molecule has 1 saturated heterocycles. The maximum Gasteiger partial charge on any atom is -1.00 e. The smallest absolute Gasteiger partial charge is 1.00 e. The summed E-state index contributed by atoms with van der Waals surface area (Å²) in [5.41, 5.74) is 18.3. The number of halogens is 2. The predicted molar refractivity (Wildman–Crippen MR) is 188 cm³/mol. The van der Waals surface area contributed by atoms with E-state index in [9.17, 15) is 0 Å². The molecule has 0 N–H and O–H groups in total. The van der Waals surface area contributed by atoms with Crippen LogP contribution in [0.4, 0.5) is 0 Å². The number of rotatable bonds is 10. The van der Waals surface area contributed by atoms with Crippen molar-refractivity contribution in [2.75, 3.05) is 0 Å². The fourth-order valence-corrected chi connectivity index (χ4v) is 19.1. The summed E-state index contributed by atoms with van der Waals surface area (Å²) in [5.74, 6) is 0. The van der Waals surface area contributed by atoms with Gasteiger partial charge in [0, 0.05) is 0 Å². The third-order valence-corrected chi connectivity index (χ3v) is 20.9. The van der Waals surface area contributed by atoms with Gasteiger partial charge in [-0.1, -0.05) is 0 Å². The molecule has 238 valence electrons. The van der Waals surface area contributed by atoms with Crippen LogP contribution in [0.15, 0.2) is 96.1 Å². The fraction of sp³-hybridized carbons (Fsp3) is 0.349. The van der Waals surface area contributed by atoms with Crippen LogP contribution in [-0.2, 0) is 29.4 Å². The average Bonchev–Trinajstić information content (AvgIpc) is 3.61. The van der Waals surface area contributed by atoms with E-state index in [0.717, 1.165) is 25.7 Å². The maximum atomic E-state index is 2.64. The minimum atomic E-state index is -2.48. The summed E-state index contributed by atoms with van der Waals surface area (Å²) >= 11 is -2.48. The Morgan fingerprint density at radius 3 is 1.28 bits per heavy atom. The zero-order valence-corrected chi connectivity index (χ0v) is 31.1. The molecule has 1 heterocycles. The standard InChI is InChI=1S/2C20H21.C3H6.2ClH.Ti/c2*1-3-6-16-9-11-17(12-10-16)19-8-5-7-18-13-15(4-2)14-20(18)19;1-3-2;;;/h2*5,7-14H,3-4,6H2,1-2H3;1-3H2;2*1H;/q;;;;;+2/p-2. The fourth-order valence-electron chi connectivity index (χ4n) is 9.01. The molecule has 2 unspecified atom stereocenters. The van der Waals surface area contributed by atoms with Crippen LogP contribution in [0.2, 0.25) is 9.45 Å². The number of benzene rings is 4. The van der Waals surface area contributed by atoms with Crippen molar-refractivity contribution >= 4 is 12.2 Å². The van der Waals surface area contributed by atoms with Crippen molar-refractivity contribution in [1.29, 1.82) is 0 Å². The first-order valence-electron chi connectivity index (χ1n) is 17.5. The van der Waals surface area contributed by atoms with Gasteiger partial charge in [0.15, 0.2) is 0 Å². The second kappa shape index (κ2) is 14.8. The van der Waals surface area contributed by atoms with Crippen LogP contribution in [0.1, 0.15) is 102 Å². The molecule has 0 radical (unpaired) electrons. The van der Waals surface area contributed by atoms with Crippen molar-refractivity contribution in [2.24, 2.45) is 0 Å². The van der Waals surface area contributed by atoms with Gasteiger partial charge in [-0.25, -0.2) is 0 Å². The van der Waals surface area contributed by atoms with E-state index < -0.39 is 16.6 Å². The molecule has 0 spiro atoms. The summed E-state index contributed by atoms with van der Waals surface area (Å²) < 4.78 is 4.33. The number of fused-ring (bicyclic) bond motifs is 2. The van der Waals surface area contributed by atoms with Gasteiger partial charge in [-0.2, -0.15) is 0 Å². The molecule has 7 rings (SSSR count). The van der Waals surface area contributed by atoms with Gasteiger partial charge < -0.3 is 24.8 Å². The van der Waals surface area contributed by atoms with Crippen molar-refractivity contribution in [3.05, 3.63) is 129 Å². The molecule has 2 aliphatic carbocycles. The molecule has 1 fully saturated rings. The maximum absolute atomic E-state index is 2.64. The van der Waals surface area contributed by atoms with Crippen LogP contribution in [0.3, 0.4) is 0 Å². The van der Waals surface area contributed by atoms with Crippen molar-refractivity contribution in [3.8, 4) is 22.3 Å². The number of aryl methyl sites for hydroxylation is 2. The van der Waals surface area contributed by atoms with E-state index in [1.54, 1.807) is 22.3 Å². The van der Waals surface area contributed by atoms with Crippen molar-refractivity contribution in [2.45, 2.75) is 90.5 Å². The molecule has 3 heteroatoms. The molecule has 4 aromatic carbocycles. The molecule has 0 amide bonds. The number of hydrogen-bond acceptors (Lipinski definition) is 0. The van der Waals surface area contributed by atoms with Crippen molar-refractivity contribution < 1.29 is 41.4 Å². The van der Waals surface area contributed by atoms with Gasteiger partial charge in [0.1, 0.15) is 0 Å². The zero-order valence-electron chi connectivity index (χ0n) is 28.0. The molecular formula is C43H48Cl2Ti. The molecule has 3 aliphatic rings. The normalized spacial score (nSPS) is 18.1. The van der Waals surface area contributed by atoms with Gasteiger partial charge >= 0.3 is 271 Å². The molecule has 2 atom stereocenters. The second-order valence-corrected chi connectivity index (χ2v) is 20.8. The molecule has 0 aromatic heterocycles. The van der Waals surface area contributed by atoms with Gasteiger partial charge in [-0.3, -0.25) is 0 Å². The summed E-state index contributed by atoms with van der Waals surface area (Å²) in [6.07, 6.45) is 13.7. The van der Waals surface area contributed by atoms with Gasteiger partial charge in [0.25, 0.3) is 0 Å². The number of allylic oxidation sites excluding steroid dienone is 2. The molecule has 0 nitrogen and oxygen atoms in total. The first-order chi connectivity index (χ1) is 21.6. The van der Waals surface area contributed by atoms with E-state index in [1.807, 2.05) is 0 Å². The molecule has 0 bridgehead atoms. The van der Waals surface area contributed by atoms with E-state index in [0.29, 0.717) is 8.45 Å². The van der Waals surface area contributed by atoms with E-state index in [1.165, 1.54) is 73.2 Å². The summed E-state index contributed by atoms with van der Waals surface area (Å²) in [6.45, 7) is 9.37. The zero-order chi connectivity index (χ0) is 30.3. The Kier molecular flexibility index (Phi) is 11.3. The van der Waals surface area contributed by atoms with Crippen LogP contribution in [-0.4, -0.2) is 0 Å². The van der Waals surface area contributed by atoms with Gasteiger partial charge in [0.2, 0.25) is 0 Å². The summed E-state index contributed by atoms with van der Waals surface area (Å²) in [7, 11) is 0. The Bertz CT molecular complexity index is 1600. The Morgan fingerprint density at radius 1 is 0.543 bits per heavy atom. The topological polar surface area (TPSA) is 0 Å². The van der Waals surface area contributed by atoms with Gasteiger partial charge in [0.05, 0.1) is 0 Å². The first-order valence-corrected chi connectivity index (χ1v) is 21.5. The monoisotopic (exact) mass is 682 g/mol. The van der Waals surface area contributed by atoms with Crippen LogP contribution in [0.5, 0.6) is 0 Å². The van der Waals surface area contributed by atoms with Crippen LogP contribution >= 0.6 is 0 Å². The van der Waals surface area contributed by atoms with E-state index >= 15 is 0 Å². The quantitative estimate of drug-likeness (QED) is 0.163. The Hall–Kier alpha value is -2.35. The first kappa shape index (κ1) is 35.0. The Labute approximate surface area is 294 Å². The minimum Gasteiger partial charge on any atom is -1.00 e. The Morgan fingerprint density at radius 2 is 0.957 bits per heavy atom. The van der Waals surface area contributed by atoms with Crippen LogP contribution in [0.25, 0.3) is 34.4 Å². The molecule has 46 heavy (non-hydrogen) atoms. The van der Waals surface area contributed by atoms with Crippen molar-refractivity contribution in [3.63, 3.8) is 0 Å². The Balaban J connectivity index is 0.00000208. The van der Waals surface area contributed by atoms with E-state index in [-0.39, 0.29) is 24.8 Å². The third kappa shape index (κ3) is 5.94. The predicted octanol–water partition coefficient (Wildman–Crippen LogP) is 6.72. The molecule has 1 aliphatic heterocycles. The minimum absolute atomic E-state index is 0. The van der Waals surface area contributed by atoms with Crippen LogP contribution < -0.4 is 24.8 Å². The molecular weight excluding hydrogens is 635 g/mol.